The van der Waals surface area contributed by atoms with Crippen molar-refractivity contribution in [3.8, 4) is 5.82 Å². The molecule has 0 amide bonds. The maximum Gasteiger partial charge on any atom is 0.455 e. The molecule has 0 unspecified atom stereocenters. The third-order valence-electron chi connectivity index (χ3n) is 3.15. The summed E-state index contributed by atoms with van der Waals surface area (Å²) >= 11 is 5.96. The normalized spacial score (nSPS) is 11.6. The van der Waals surface area contributed by atoms with Gasteiger partial charge in [-0.1, -0.05) is 11.6 Å². The van der Waals surface area contributed by atoms with Crippen molar-refractivity contribution in [1.29, 1.82) is 0 Å². The number of hydrogen-bond acceptors (Lipinski definition) is 7. The first kappa shape index (κ1) is 18.4. The maximum atomic E-state index is 12.5. The minimum Gasteiger partial charge on any atom is -0.477 e. The number of nitrogens with zero attached hydrogens (tertiary/aromatic N) is 7. The number of carboxylic acids is 1. The molecular formula is C13H7ClF3N7O3. The number of halogens is 4. The Kier molecular flexibility index (Phi) is 4.61. The van der Waals surface area contributed by atoms with Crippen LogP contribution in [0.5, 0.6) is 0 Å². The van der Waals surface area contributed by atoms with E-state index >= 15 is 0 Å². The molecular weight excluding hydrogens is 395 g/mol. The Morgan fingerprint density at radius 3 is 2.59 bits per heavy atom. The van der Waals surface area contributed by atoms with Crippen molar-refractivity contribution in [2.24, 2.45) is 0 Å². The molecule has 0 spiro atoms. The highest BCUT2D eigenvalue weighted by Crippen LogP contribution is 2.25. The summed E-state index contributed by atoms with van der Waals surface area (Å²) in [6, 6.07) is 3.89. The quantitative estimate of drug-likeness (QED) is 0.637. The zero-order valence-electron chi connectivity index (χ0n) is 12.9. The molecule has 1 N–H and O–H groups in total. The van der Waals surface area contributed by atoms with Crippen LogP contribution in [0.25, 0.3) is 5.82 Å². The van der Waals surface area contributed by atoms with Crippen LogP contribution in [0.15, 0.2) is 24.4 Å². The van der Waals surface area contributed by atoms with E-state index < -0.39 is 36.0 Å². The Balaban J connectivity index is 1.92. The molecule has 140 valence electrons. The Morgan fingerprint density at radius 1 is 1.26 bits per heavy atom. The molecule has 0 aliphatic rings. The van der Waals surface area contributed by atoms with E-state index in [-0.39, 0.29) is 16.5 Å². The molecule has 0 aliphatic heterocycles. The first-order valence-corrected chi connectivity index (χ1v) is 7.37. The molecule has 14 heteroatoms. The highest BCUT2D eigenvalue weighted by molar-refractivity contribution is 6.32. The van der Waals surface area contributed by atoms with Crippen LogP contribution < -0.4 is 0 Å². The lowest BCUT2D eigenvalue weighted by molar-refractivity contribution is -0.145. The van der Waals surface area contributed by atoms with Gasteiger partial charge in [0.1, 0.15) is 12.2 Å². The highest BCUT2D eigenvalue weighted by atomic mass is 35.5. The molecule has 3 aromatic rings. The van der Waals surface area contributed by atoms with Gasteiger partial charge in [-0.25, -0.2) is 14.5 Å². The van der Waals surface area contributed by atoms with Crippen LogP contribution in [-0.4, -0.2) is 51.8 Å². The fraction of sp³-hybridized carbons (Fsp3) is 0.154. The van der Waals surface area contributed by atoms with Gasteiger partial charge in [-0.15, -0.1) is 10.2 Å². The zero-order valence-corrected chi connectivity index (χ0v) is 13.7. The van der Waals surface area contributed by atoms with Gasteiger partial charge in [-0.2, -0.15) is 23.1 Å². The fourth-order valence-electron chi connectivity index (χ4n) is 2.00. The Labute approximate surface area is 152 Å². The van der Waals surface area contributed by atoms with Crippen molar-refractivity contribution >= 4 is 23.4 Å². The van der Waals surface area contributed by atoms with E-state index in [0.29, 0.717) is 4.80 Å². The van der Waals surface area contributed by atoms with Gasteiger partial charge in [0.15, 0.2) is 11.5 Å². The standard InChI is InChI=1S/C13H7ClF3N7O3/c14-6-2-1-3-18-10(6)24-8(11(26)27)4-7(20-24)9(25)5-23-21-12(19-22-23)13(15,16)17/h1-4H,5H2,(H,26,27). The molecule has 0 fully saturated rings. The average Bonchev–Trinajstić information content (AvgIpc) is 3.22. The van der Waals surface area contributed by atoms with E-state index in [1.54, 1.807) is 0 Å². The highest BCUT2D eigenvalue weighted by Gasteiger charge is 2.37. The number of Topliss-reactive ketones (excluding diaryl/α,β-unsaturated/α-hetero) is 1. The summed E-state index contributed by atoms with van der Waals surface area (Å²) in [6.45, 7) is -0.727. The molecule has 0 bridgehead atoms. The van der Waals surface area contributed by atoms with Gasteiger partial charge in [-0.05, 0) is 17.3 Å². The van der Waals surface area contributed by atoms with Gasteiger partial charge in [-0.3, -0.25) is 4.79 Å². The maximum absolute atomic E-state index is 12.5. The van der Waals surface area contributed by atoms with Crippen LogP contribution in [-0.2, 0) is 12.7 Å². The van der Waals surface area contributed by atoms with Gasteiger partial charge in [0.05, 0.1) is 5.02 Å². The van der Waals surface area contributed by atoms with Crippen molar-refractivity contribution in [3.05, 3.63) is 46.6 Å². The van der Waals surface area contributed by atoms with Crippen LogP contribution in [0.4, 0.5) is 13.2 Å². The minimum atomic E-state index is -4.81. The third kappa shape index (κ3) is 3.76. The van der Waals surface area contributed by atoms with Crippen molar-refractivity contribution in [2.75, 3.05) is 0 Å². The number of aromatic carboxylic acids is 1. The Bertz CT molecular complexity index is 1030. The van der Waals surface area contributed by atoms with Crippen LogP contribution in [0, 0.1) is 0 Å². The zero-order chi connectivity index (χ0) is 19.8. The molecule has 0 aromatic carbocycles. The SMILES string of the molecule is O=C(Cn1nnc(C(F)(F)F)n1)c1cc(C(=O)O)n(-c2ncccc2Cl)n1. The summed E-state index contributed by atoms with van der Waals surface area (Å²) in [5, 5.41) is 22.2. The Morgan fingerprint density at radius 2 is 2.00 bits per heavy atom. The summed E-state index contributed by atoms with van der Waals surface area (Å²) in [6.07, 6.45) is -3.47. The molecule has 0 radical (unpaired) electrons. The van der Waals surface area contributed by atoms with Gasteiger partial charge >= 0.3 is 12.1 Å². The molecule has 0 aliphatic carbocycles. The number of carboxylic acid groups (broad SMARTS) is 1. The summed E-state index contributed by atoms with van der Waals surface area (Å²) in [5.74, 6) is -3.79. The van der Waals surface area contributed by atoms with Crippen LogP contribution in [0.3, 0.4) is 0 Å². The molecule has 0 atom stereocenters. The van der Waals surface area contributed by atoms with Crippen LogP contribution in [0.1, 0.15) is 26.8 Å². The monoisotopic (exact) mass is 401 g/mol. The van der Waals surface area contributed by atoms with E-state index in [2.05, 4.69) is 25.5 Å². The summed E-state index contributed by atoms with van der Waals surface area (Å²) < 4.78 is 38.2. The minimum absolute atomic E-state index is 0.0335. The number of rotatable bonds is 5. The number of carbonyl (C=O) groups is 2. The Hall–Kier alpha value is -3.35. The largest absolute Gasteiger partial charge is 0.477 e. The van der Waals surface area contributed by atoms with E-state index in [0.717, 1.165) is 10.7 Å². The van der Waals surface area contributed by atoms with Gasteiger partial charge in [0.2, 0.25) is 5.78 Å². The molecule has 0 saturated carbocycles. The number of tetrazole rings is 1. The van der Waals surface area contributed by atoms with E-state index in [1.165, 1.54) is 18.3 Å². The predicted molar refractivity (Wildman–Crippen MR) is 80.5 cm³/mol. The lowest BCUT2D eigenvalue weighted by Gasteiger charge is -2.04. The van der Waals surface area contributed by atoms with Crippen molar-refractivity contribution in [2.45, 2.75) is 12.7 Å². The molecule has 3 rings (SSSR count). The fourth-order valence-corrected chi connectivity index (χ4v) is 2.20. The number of ketones is 1. The lowest BCUT2D eigenvalue weighted by Crippen LogP contribution is -2.15. The second-order valence-corrected chi connectivity index (χ2v) is 5.41. The smallest absolute Gasteiger partial charge is 0.455 e. The lowest BCUT2D eigenvalue weighted by atomic mass is 10.2. The van der Waals surface area contributed by atoms with E-state index in [1.807, 2.05) is 0 Å². The second kappa shape index (κ2) is 6.75. The van der Waals surface area contributed by atoms with Gasteiger partial charge in [0.25, 0.3) is 5.82 Å². The molecule has 0 saturated heterocycles. The predicted octanol–water partition coefficient (Wildman–Crippen LogP) is 1.51. The topological polar surface area (TPSA) is 129 Å². The molecule has 10 nitrogen and oxygen atoms in total. The number of hydrogen-bond donors (Lipinski definition) is 1. The summed E-state index contributed by atoms with van der Waals surface area (Å²) in [7, 11) is 0. The van der Waals surface area contributed by atoms with Gasteiger partial charge < -0.3 is 5.11 Å². The van der Waals surface area contributed by atoms with E-state index in [9.17, 15) is 27.9 Å². The average molecular weight is 402 g/mol. The van der Waals surface area contributed by atoms with Gasteiger partial charge in [0, 0.05) is 12.3 Å². The van der Waals surface area contributed by atoms with Crippen LogP contribution >= 0.6 is 11.6 Å². The van der Waals surface area contributed by atoms with Crippen molar-refractivity contribution in [3.63, 3.8) is 0 Å². The molecule has 27 heavy (non-hydrogen) atoms. The van der Waals surface area contributed by atoms with E-state index in [4.69, 9.17) is 11.6 Å². The van der Waals surface area contributed by atoms with Crippen LogP contribution in [0.2, 0.25) is 5.02 Å². The van der Waals surface area contributed by atoms with Crippen molar-refractivity contribution < 1.29 is 27.9 Å². The first-order chi connectivity index (χ1) is 12.7. The number of alkyl halides is 3. The summed E-state index contributed by atoms with van der Waals surface area (Å²) in [5.41, 5.74) is -0.763. The van der Waals surface area contributed by atoms with Crippen molar-refractivity contribution in [1.82, 2.24) is 35.0 Å². The third-order valence-corrected chi connectivity index (χ3v) is 3.44. The number of carbonyl (C=O) groups excluding carboxylic acids is 1. The second-order valence-electron chi connectivity index (χ2n) is 5.00. The first-order valence-electron chi connectivity index (χ1n) is 6.99. The number of aromatic nitrogens is 7. The molecule has 3 aromatic heterocycles. The summed E-state index contributed by atoms with van der Waals surface area (Å²) in [4.78, 5) is 28.0. The number of pyridine rings is 1. The molecule has 3 heterocycles.